The number of nitrogens with one attached hydrogen (secondary N) is 2. The monoisotopic (exact) mass is 465 g/mol. The maximum absolute atomic E-state index is 13.2. The van der Waals surface area contributed by atoms with Crippen LogP contribution in [-0.4, -0.2) is 35.1 Å². The van der Waals surface area contributed by atoms with Crippen molar-refractivity contribution in [2.45, 2.75) is 38.1 Å². The molecule has 2 N–H and O–H groups in total. The van der Waals surface area contributed by atoms with Gasteiger partial charge in [0.2, 0.25) is 11.8 Å². The predicted molar refractivity (Wildman–Crippen MR) is 109 cm³/mol. The number of amides is 1. The van der Waals surface area contributed by atoms with Crippen LogP contribution in [0.15, 0.2) is 24.4 Å². The molecule has 4 rings (SSSR count). The van der Waals surface area contributed by atoms with Gasteiger partial charge in [0.15, 0.2) is 5.82 Å². The lowest BCUT2D eigenvalue weighted by Crippen LogP contribution is -2.31. The van der Waals surface area contributed by atoms with Gasteiger partial charge < -0.3 is 15.4 Å². The molecule has 1 saturated heterocycles. The molecule has 1 aliphatic carbocycles. The van der Waals surface area contributed by atoms with Crippen LogP contribution in [0, 0.1) is 16.7 Å². The second-order valence-electron chi connectivity index (χ2n) is 7.83. The summed E-state index contributed by atoms with van der Waals surface area (Å²) in [6.45, 7) is 1.40. The molecule has 7 nitrogen and oxygen atoms in total. The Morgan fingerprint density at radius 1 is 1.41 bits per heavy atom. The third-order valence-corrected chi connectivity index (χ3v) is 5.82. The highest BCUT2D eigenvalue weighted by atomic mass is 35.5. The molecule has 1 aromatic heterocycles. The summed E-state index contributed by atoms with van der Waals surface area (Å²) in [5.74, 6) is -0.154. The van der Waals surface area contributed by atoms with Crippen LogP contribution in [0.4, 0.5) is 13.2 Å². The Labute approximate surface area is 186 Å². The van der Waals surface area contributed by atoms with Crippen LogP contribution < -0.4 is 15.4 Å². The second-order valence-corrected chi connectivity index (χ2v) is 8.23. The van der Waals surface area contributed by atoms with Crippen LogP contribution in [0.25, 0.3) is 11.4 Å². The van der Waals surface area contributed by atoms with Gasteiger partial charge in [0.05, 0.1) is 22.2 Å². The van der Waals surface area contributed by atoms with E-state index in [0.717, 1.165) is 25.1 Å². The van der Waals surface area contributed by atoms with Crippen molar-refractivity contribution in [2.75, 3.05) is 13.1 Å². The Hall–Kier alpha value is -2.90. The van der Waals surface area contributed by atoms with E-state index in [-0.39, 0.29) is 35.8 Å². The van der Waals surface area contributed by atoms with Gasteiger partial charge in [0.1, 0.15) is 11.5 Å². The van der Waals surface area contributed by atoms with E-state index in [1.807, 2.05) is 6.07 Å². The minimum absolute atomic E-state index is 0.0342. The molecule has 2 fully saturated rings. The zero-order valence-electron chi connectivity index (χ0n) is 16.8. The number of halogens is 4. The first kappa shape index (κ1) is 22.3. The number of nitriles is 1. The third-order valence-electron chi connectivity index (χ3n) is 5.49. The number of aromatic nitrogens is 2. The summed E-state index contributed by atoms with van der Waals surface area (Å²) in [7, 11) is 0. The Bertz CT molecular complexity index is 1080. The Morgan fingerprint density at radius 2 is 2.19 bits per heavy atom. The van der Waals surface area contributed by atoms with Gasteiger partial charge in [-0.1, -0.05) is 11.6 Å². The smallest absolute Gasteiger partial charge is 0.417 e. The number of nitrogens with zero attached hydrogens (tertiary/aromatic N) is 3. The van der Waals surface area contributed by atoms with Gasteiger partial charge in [-0.05, 0) is 44.0 Å². The van der Waals surface area contributed by atoms with E-state index < -0.39 is 22.2 Å². The van der Waals surface area contributed by atoms with Gasteiger partial charge in [-0.2, -0.15) is 23.4 Å². The standard InChI is InChI=1S/C21H19ClF3N5O2/c22-16-2-1-12(7-15(16)21(23,24)25)17-28-8-13(9-29-19(31)20(11-26)4-5-20)18(30-17)32-14-3-6-27-10-14/h1-2,7-8,14,27H,3-6,9-10H2,(H,29,31). The topological polar surface area (TPSA) is 99.9 Å². The average molecular weight is 466 g/mol. The van der Waals surface area contributed by atoms with Crippen molar-refractivity contribution in [3.8, 4) is 23.3 Å². The van der Waals surface area contributed by atoms with Gasteiger partial charge >= 0.3 is 6.18 Å². The number of hydrogen-bond donors (Lipinski definition) is 2. The Morgan fingerprint density at radius 3 is 2.81 bits per heavy atom. The molecule has 1 amide bonds. The third kappa shape index (κ3) is 4.64. The van der Waals surface area contributed by atoms with Gasteiger partial charge in [-0.25, -0.2) is 4.98 Å². The van der Waals surface area contributed by atoms with E-state index >= 15 is 0 Å². The highest BCUT2D eigenvalue weighted by Crippen LogP contribution is 2.45. The lowest BCUT2D eigenvalue weighted by atomic mass is 10.1. The minimum Gasteiger partial charge on any atom is -0.473 e. The first-order chi connectivity index (χ1) is 15.2. The van der Waals surface area contributed by atoms with Crippen molar-refractivity contribution in [3.05, 3.63) is 40.5 Å². The molecule has 2 aromatic rings. The summed E-state index contributed by atoms with van der Waals surface area (Å²) in [6, 6.07) is 5.47. The highest BCUT2D eigenvalue weighted by Gasteiger charge is 2.50. The molecule has 168 valence electrons. The van der Waals surface area contributed by atoms with Gasteiger partial charge in [0, 0.05) is 24.8 Å². The van der Waals surface area contributed by atoms with Crippen molar-refractivity contribution in [1.82, 2.24) is 20.6 Å². The number of benzene rings is 1. The molecule has 0 spiro atoms. The quantitative estimate of drug-likeness (QED) is 0.677. The molecular weight excluding hydrogens is 447 g/mol. The average Bonchev–Trinajstić information content (AvgIpc) is 3.40. The molecule has 1 aromatic carbocycles. The Balaban J connectivity index is 1.62. The summed E-state index contributed by atoms with van der Waals surface area (Å²) in [4.78, 5) is 20.8. The number of ether oxygens (including phenoxy) is 1. The molecule has 0 bridgehead atoms. The molecule has 1 saturated carbocycles. The van der Waals surface area contributed by atoms with E-state index in [2.05, 4.69) is 20.6 Å². The van der Waals surface area contributed by atoms with Gasteiger partial charge in [-0.3, -0.25) is 4.79 Å². The number of carbonyl (C=O) groups excluding carboxylic acids is 1. The molecule has 2 heterocycles. The molecule has 32 heavy (non-hydrogen) atoms. The fraction of sp³-hybridized carbons (Fsp3) is 0.429. The van der Waals surface area contributed by atoms with Crippen molar-refractivity contribution in [2.24, 2.45) is 5.41 Å². The molecule has 2 aliphatic rings. The molecule has 1 atom stereocenters. The predicted octanol–water partition coefficient (Wildman–Crippen LogP) is 3.48. The van der Waals surface area contributed by atoms with Gasteiger partial charge in [-0.15, -0.1) is 0 Å². The summed E-state index contributed by atoms with van der Waals surface area (Å²) in [5, 5.41) is 14.6. The van der Waals surface area contributed by atoms with E-state index in [9.17, 15) is 23.2 Å². The van der Waals surface area contributed by atoms with Crippen molar-refractivity contribution >= 4 is 17.5 Å². The maximum Gasteiger partial charge on any atom is 0.417 e. The van der Waals surface area contributed by atoms with Crippen molar-refractivity contribution in [1.29, 1.82) is 5.26 Å². The van der Waals surface area contributed by atoms with E-state index in [1.54, 1.807) is 0 Å². The molecule has 11 heteroatoms. The summed E-state index contributed by atoms with van der Waals surface area (Å²) in [5.41, 5.74) is -1.36. The van der Waals surface area contributed by atoms with E-state index in [4.69, 9.17) is 16.3 Å². The van der Waals surface area contributed by atoms with E-state index in [1.165, 1.54) is 12.3 Å². The summed E-state index contributed by atoms with van der Waals surface area (Å²) < 4.78 is 45.7. The van der Waals surface area contributed by atoms with Crippen LogP contribution in [0.5, 0.6) is 5.88 Å². The molecule has 1 aliphatic heterocycles. The van der Waals surface area contributed by atoms with Crippen LogP contribution in [-0.2, 0) is 17.5 Å². The van der Waals surface area contributed by atoms with Crippen molar-refractivity contribution < 1.29 is 22.7 Å². The maximum atomic E-state index is 13.2. The lowest BCUT2D eigenvalue weighted by Gasteiger charge is -2.17. The van der Waals surface area contributed by atoms with E-state index in [0.29, 0.717) is 24.9 Å². The zero-order valence-corrected chi connectivity index (χ0v) is 17.6. The molecular formula is C21H19ClF3N5O2. The molecule has 0 radical (unpaired) electrons. The fourth-order valence-electron chi connectivity index (χ4n) is 3.38. The van der Waals surface area contributed by atoms with Crippen LogP contribution in [0.3, 0.4) is 0 Å². The SMILES string of the molecule is N#CC1(C(=O)NCc2cnc(-c3ccc(Cl)c(C(F)(F)F)c3)nc2OC2CCNC2)CC1. The zero-order chi connectivity index (χ0) is 22.9. The summed E-state index contributed by atoms with van der Waals surface area (Å²) in [6.07, 6.45) is -1.61. The fourth-order valence-corrected chi connectivity index (χ4v) is 3.61. The highest BCUT2D eigenvalue weighted by molar-refractivity contribution is 6.31. The van der Waals surface area contributed by atoms with Crippen LogP contribution >= 0.6 is 11.6 Å². The van der Waals surface area contributed by atoms with Gasteiger partial charge in [0.25, 0.3) is 0 Å². The van der Waals surface area contributed by atoms with Crippen LogP contribution in [0.2, 0.25) is 5.02 Å². The number of alkyl halides is 3. The minimum atomic E-state index is -4.62. The molecule has 1 unspecified atom stereocenters. The number of rotatable bonds is 6. The first-order valence-electron chi connectivity index (χ1n) is 10.0. The number of carbonyl (C=O) groups is 1. The lowest BCUT2D eigenvalue weighted by molar-refractivity contribution is -0.137. The number of hydrogen-bond acceptors (Lipinski definition) is 6. The second kappa shape index (κ2) is 8.56. The van der Waals surface area contributed by atoms with Crippen molar-refractivity contribution in [3.63, 3.8) is 0 Å². The largest absolute Gasteiger partial charge is 0.473 e. The normalized spacial score (nSPS) is 19.3. The summed E-state index contributed by atoms with van der Waals surface area (Å²) >= 11 is 5.71. The van der Waals surface area contributed by atoms with Crippen LogP contribution in [0.1, 0.15) is 30.4 Å². The Kier molecular flexibility index (Phi) is 5.97. The first-order valence-corrected chi connectivity index (χ1v) is 10.4.